The molecule has 0 saturated heterocycles. The van der Waals surface area contributed by atoms with E-state index in [1.165, 1.54) is 7.05 Å². The lowest BCUT2D eigenvalue weighted by Gasteiger charge is -2.09. The monoisotopic (exact) mass is 277 g/mol. The number of alkyl halides is 1. The predicted molar refractivity (Wildman–Crippen MR) is 67.9 cm³/mol. The quantitative estimate of drug-likeness (QED) is 0.800. The van der Waals surface area contributed by atoms with Gasteiger partial charge < -0.3 is 4.74 Å². The Bertz CT molecular complexity index is 444. The van der Waals surface area contributed by atoms with Gasteiger partial charge in [-0.3, -0.25) is 0 Å². The molecule has 1 unspecified atom stereocenters. The molecule has 0 spiro atoms. The third-order valence-electron chi connectivity index (χ3n) is 2.31. The first kappa shape index (κ1) is 14.4. The van der Waals surface area contributed by atoms with Gasteiger partial charge in [-0.25, -0.2) is 13.1 Å². The molecule has 0 bridgehead atoms. The van der Waals surface area contributed by atoms with Gasteiger partial charge in [-0.1, -0.05) is 12.1 Å². The molecule has 0 amide bonds. The predicted octanol–water partition coefficient (Wildman–Crippen LogP) is 1.39. The zero-order valence-corrected chi connectivity index (χ0v) is 11.4. The molecule has 0 aliphatic rings. The summed E-state index contributed by atoms with van der Waals surface area (Å²) in [6, 6.07) is 6.65. The molecule has 4 nitrogen and oxygen atoms in total. The molecule has 1 N–H and O–H groups in total. The molecule has 1 atom stereocenters. The molecule has 1 rings (SSSR count). The lowest BCUT2D eigenvalue weighted by Crippen LogP contribution is -2.18. The van der Waals surface area contributed by atoms with Crippen LogP contribution in [-0.4, -0.2) is 34.6 Å². The Hall–Kier alpha value is -0.620. The summed E-state index contributed by atoms with van der Waals surface area (Å²) < 4.78 is 30.2. The van der Waals surface area contributed by atoms with Crippen molar-refractivity contribution < 1.29 is 13.2 Å². The molecule has 17 heavy (non-hydrogen) atoms. The first-order valence-corrected chi connectivity index (χ1v) is 7.07. The van der Waals surface area contributed by atoms with E-state index in [2.05, 4.69) is 4.72 Å². The van der Waals surface area contributed by atoms with Crippen LogP contribution >= 0.6 is 11.6 Å². The molecule has 0 radical (unpaired) electrons. The van der Waals surface area contributed by atoms with Crippen LogP contribution in [0, 0.1) is 0 Å². The molecule has 1 aromatic carbocycles. The third-order valence-corrected chi connectivity index (χ3v) is 4.02. The van der Waals surface area contributed by atoms with Crippen molar-refractivity contribution in [1.82, 2.24) is 4.72 Å². The number of hydrogen-bond acceptors (Lipinski definition) is 3. The van der Waals surface area contributed by atoms with Gasteiger partial charge in [0.25, 0.3) is 0 Å². The second kappa shape index (κ2) is 6.35. The Labute approximate surface area is 107 Å². The van der Waals surface area contributed by atoms with Crippen molar-refractivity contribution in [2.45, 2.75) is 16.7 Å². The van der Waals surface area contributed by atoms with Crippen LogP contribution < -0.4 is 4.72 Å². The van der Waals surface area contributed by atoms with Crippen molar-refractivity contribution in [2.24, 2.45) is 0 Å². The van der Waals surface area contributed by atoms with Gasteiger partial charge in [-0.15, -0.1) is 11.6 Å². The second-order valence-corrected chi connectivity index (χ2v) is 6.11. The molecule has 0 fully saturated rings. The summed E-state index contributed by atoms with van der Waals surface area (Å²) in [6.45, 7) is 0.470. The van der Waals surface area contributed by atoms with Crippen LogP contribution in [-0.2, 0) is 21.2 Å². The number of halogens is 1. The number of hydrogen-bond donors (Lipinski definition) is 1. The number of benzene rings is 1. The van der Waals surface area contributed by atoms with Gasteiger partial charge in [0, 0.05) is 7.11 Å². The van der Waals surface area contributed by atoms with E-state index < -0.39 is 10.0 Å². The minimum Gasteiger partial charge on any atom is -0.383 e. The minimum absolute atomic E-state index is 0.105. The molecule has 0 heterocycles. The highest BCUT2D eigenvalue weighted by molar-refractivity contribution is 7.89. The minimum atomic E-state index is -3.36. The summed E-state index contributed by atoms with van der Waals surface area (Å²) in [5.41, 5.74) is 0.983. The largest absolute Gasteiger partial charge is 0.383 e. The zero-order valence-electron chi connectivity index (χ0n) is 9.81. The zero-order chi connectivity index (χ0) is 12.9. The number of sulfonamides is 1. The Morgan fingerprint density at radius 1 is 1.35 bits per heavy atom. The van der Waals surface area contributed by atoms with E-state index in [4.69, 9.17) is 16.3 Å². The maximum absolute atomic E-state index is 11.5. The van der Waals surface area contributed by atoms with Gasteiger partial charge in [0.2, 0.25) is 10.0 Å². The molecular formula is C11H16ClNO3S. The number of methoxy groups -OCH3 is 1. The third kappa shape index (κ3) is 4.27. The van der Waals surface area contributed by atoms with Crippen LogP contribution in [0.3, 0.4) is 0 Å². The van der Waals surface area contributed by atoms with E-state index in [1.54, 1.807) is 31.4 Å². The first-order valence-electron chi connectivity index (χ1n) is 5.15. The topological polar surface area (TPSA) is 55.4 Å². The Kier molecular flexibility index (Phi) is 5.39. The van der Waals surface area contributed by atoms with Crippen LogP contribution in [0.1, 0.15) is 5.56 Å². The van der Waals surface area contributed by atoms with Crippen LogP contribution in [0.25, 0.3) is 0 Å². The number of nitrogens with one attached hydrogen (secondary N) is 1. The van der Waals surface area contributed by atoms with E-state index in [-0.39, 0.29) is 10.3 Å². The smallest absolute Gasteiger partial charge is 0.240 e. The summed E-state index contributed by atoms with van der Waals surface area (Å²) in [4.78, 5) is 0.251. The summed E-state index contributed by atoms with van der Waals surface area (Å²) in [6.07, 6.45) is 0.648. The van der Waals surface area contributed by atoms with Crippen molar-refractivity contribution in [2.75, 3.05) is 20.8 Å². The van der Waals surface area contributed by atoms with Crippen LogP contribution in [0.4, 0.5) is 0 Å². The van der Waals surface area contributed by atoms with E-state index in [1.807, 2.05) is 0 Å². The molecule has 6 heteroatoms. The highest BCUT2D eigenvalue weighted by Gasteiger charge is 2.11. The molecular weight excluding hydrogens is 262 g/mol. The van der Waals surface area contributed by atoms with Crippen molar-refractivity contribution >= 4 is 21.6 Å². The lowest BCUT2D eigenvalue weighted by atomic mass is 10.1. The van der Waals surface area contributed by atoms with Gasteiger partial charge in [0.05, 0.1) is 16.9 Å². The Balaban J connectivity index is 2.75. The highest BCUT2D eigenvalue weighted by Crippen LogP contribution is 2.13. The van der Waals surface area contributed by atoms with Crippen molar-refractivity contribution in [1.29, 1.82) is 0 Å². The van der Waals surface area contributed by atoms with Crippen LogP contribution in [0.15, 0.2) is 29.2 Å². The number of ether oxygens (including phenoxy) is 1. The van der Waals surface area contributed by atoms with E-state index in [9.17, 15) is 8.42 Å². The molecule has 0 aromatic heterocycles. The first-order chi connectivity index (χ1) is 7.99. The molecule has 0 aliphatic carbocycles. The molecule has 1 aromatic rings. The average Bonchev–Trinajstić information content (AvgIpc) is 2.30. The standard InChI is InChI=1S/C11H16ClNO3S/c1-13-17(14,15)11-5-3-9(4-6-11)7-10(12)8-16-2/h3-6,10,13H,7-8H2,1-2H3. The van der Waals surface area contributed by atoms with Crippen molar-refractivity contribution in [3.05, 3.63) is 29.8 Å². The number of rotatable bonds is 6. The van der Waals surface area contributed by atoms with Gasteiger partial charge >= 0.3 is 0 Å². The summed E-state index contributed by atoms with van der Waals surface area (Å²) in [5, 5.41) is -0.105. The fourth-order valence-corrected chi connectivity index (χ4v) is 2.45. The van der Waals surface area contributed by atoms with Gasteiger partial charge in [0.1, 0.15) is 0 Å². The molecule has 0 aliphatic heterocycles. The SMILES string of the molecule is CNS(=O)(=O)c1ccc(CC(Cl)COC)cc1. The summed E-state index contributed by atoms with van der Waals surface area (Å²) >= 11 is 6.02. The van der Waals surface area contributed by atoms with Gasteiger partial charge in [-0.05, 0) is 31.2 Å². The van der Waals surface area contributed by atoms with Crippen molar-refractivity contribution in [3.63, 3.8) is 0 Å². The van der Waals surface area contributed by atoms with Crippen LogP contribution in [0.2, 0.25) is 0 Å². The molecule has 0 saturated carbocycles. The van der Waals surface area contributed by atoms with Gasteiger partial charge in [-0.2, -0.15) is 0 Å². The van der Waals surface area contributed by atoms with Crippen molar-refractivity contribution in [3.8, 4) is 0 Å². The van der Waals surface area contributed by atoms with E-state index in [0.717, 1.165) is 5.56 Å². The fourth-order valence-electron chi connectivity index (χ4n) is 1.42. The normalized spacial score (nSPS) is 13.6. The van der Waals surface area contributed by atoms with E-state index in [0.29, 0.717) is 13.0 Å². The lowest BCUT2D eigenvalue weighted by molar-refractivity contribution is 0.197. The molecule has 96 valence electrons. The Morgan fingerprint density at radius 3 is 2.41 bits per heavy atom. The summed E-state index contributed by atoms with van der Waals surface area (Å²) in [7, 11) is -0.381. The average molecular weight is 278 g/mol. The van der Waals surface area contributed by atoms with E-state index >= 15 is 0 Å². The van der Waals surface area contributed by atoms with Crippen LogP contribution in [0.5, 0.6) is 0 Å². The maximum Gasteiger partial charge on any atom is 0.240 e. The van der Waals surface area contributed by atoms with Gasteiger partial charge in [0.15, 0.2) is 0 Å². The maximum atomic E-state index is 11.5. The fraction of sp³-hybridized carbons (Fsp3) is 0.455. The summed E-state index contributed by atoms with van der Waals surface area (Å²) in [5.74, 6) is 0. The Morgan fingerprint density at radius 2 is 1.94 bits per heavy atom. The second-order valence-electron chi connectivity index (χ2n) is 3.61. The highest BCUT2D eigenvalue weighted by atomic mass is 35.5.